The average Bonchev–Trinajstić information content (AvgIpc) is 2.24. The van der Waals surface area contributed by atoms with E-state index in [1.807, 2.05) is 13.8 Å². The molecule has 0 bridgehead atoms. The molecule has 1 unspecified atom stereocenters. The first-order valence-electron chi connectivity index (χ1n) is 6.35. The lowest BCUT2D eigenvalue weighted by molar-refractivity contribution is -0.131. The van der Waals surface area contributed by atoms with Gasteiger partial charge in [0, 0.05) is 17.6 Å². The van der Waals surface area contributed by atoms with Crippen LogP contribution < -0.4 is 10.6 Å². The molecule has 0 aromatic rings. The Morgan fingerprint density at radius 2 is 1.72 bits per heavy atom. The number of rotatable bonds is 6. The van der Waals surface area contributed by atoms with Crippen LogP contribution >= 0.6 is 0 Å². The molecule has 0 aliphatic rings. The summed E-state index contributed by atoms with van der Waals surface area (Å²) in [4.78, 5) is 23.3. The van der Waals surface area contributed by atoms with Gasteiger partial charge in [0.15, 0.2) is 0 Å². The van der Waals surface area contributed by atoms with Crippen molar-refractivity contribution in [1.29, 1.82) is 0 Å². The van der Waals surface area contributed by atoms with Gasteiger partial charge in [0.25, 0.3) is 0 Å². The van der Waals surface area contributed by atoms with Gasteiger partial charge in [-0.05, 0) is 19.8 Å². The Bertz CT molecular complexity index is 297. The molecule has 2 amide bonds. The second-order valence-corrected chi connectivity index (χ2v) is 5.87. The molecule has 5 nitrogen and oxygen atoms in total. The smallest absolute Gasteiger partial charge is 0.239 e. The topological polar surface area (TPSA) is 78.4 Å². The van der Waals surface area contributed by atoms with Gasteiger partial charge < -0.3 is 15.7 Å². The first-order valence-corrected chi connectivity index (χ1v) is 6.35. The molecule has 18 heavy (non-hydrogen) atoms. The zero-order valence-corrected chi connectivity index (χ0v) is 12.1. The van der Waals surface area contributed by atoms with E-state index in [-0.39, 0.29) is 25.0 Å². The average molecular weight is 258 g/mol. The number of carbonyl (C=O) groups excluding carboxylic acids is 2. The highest BCUT2D eigenvalue weighted by atomic mass is 16.3. The Hall–Kier alpha value is -1.10. The molecular weight excluding hydrogens is 232 g/mol. The maximum absolute atomic E-state index is 11.7. The molecule has 0 saturated heterocycles. The maximum atomic E-state index is 11.7. The molecule has 0 rings (SSSR count). The third-order valence-electron chi connectivity index (χ3n) is 2.98. The summed E-state index contributed by atoms with van der Waals surface area (Å²) in [7, 11) is 0. The van der Waals surface area contributed by atoms with Crippen molar-refractivity contribution in [2.75, 3.05) is 13.2 Å². The van der Waals surface area contributed by atoms with Crippen LogP contribution in [0, 0.1) is 5.41 Å². The number of aliphatic hydroxyl groups is 1. The van der Waals surface area contributed by atoms with E-state index in [9.17, 15) is 9.59 Å². The standard InChI is InChI=1S/C13H26N2O3/c1-6-13(5,7-8-16)15-10(17)9-14-11(18)12(2,3)4/h16H,6-9H2,1-5H3,(H,14,18)(H,15,17). The van der Waals surface area contributed by atoms with E-state index in [1.54, 1.807) is 20.8 Å². The molecular formula is C13H26N2O3. The van der Waals surface area contributed by atoms with E-state index in [4.69, 9.17) is 5.11 Å². The fraction of sp³-hybridized carbons (Fsp3) is 0.846. The second kappa shape index (κ2) is 6.73. The first kappa shape index (κ1) is 16.9. The van der Waals surface area contributed by atoms with E-state index in [2.05, 4.69) is 10.6 Å². The van der Waals surface area contributed by atoms with Gasteiger partial charge in [-0.1, -0.05) is 27.7 Å². The lowest BCUT2D eigenvalue weighted by Gasteiger charge is -2.29. The minimum absolute atomic E-state index is 0.0268. The van der Waals surface area contributed by atoms with Crippen LogP contribution in [-0.2, 0) is 9.59 Å². The van der Waals surface area contributed by atoms with Crippen LogP contribution in [0.5, 0.6) is 0 Å². The monoisotopic (exact) mass is 258 g/mol. The van der Waals surface area contributed by atoms with E-state index in [1.165, 1.54) is 0 Å². The van der Waals surface area contributed by atoms with Crippen molar-refractivity contribution in [3.63, 3.8) is 0 Å². The Morgan fingerprint density at radius 1 is 1.17 bits per heavy atom. The summed E-state index contributed by atoms with van der Waals surface area (Å²) in [5.41, 5.74) is -0.919. The molecule has 3 N–H and O–H groups in total. The van der Waals surface area contributed by atoms with E-state index in [0.717, 1.165) is 6.42 Å². The first-order chi connectivity index (χ1) is 8.14. The molecule has 1 atom stereocenters. The molecule has 0 radical (unpaired) electrons. The zero-order chi connectivity index (χ0) is 14.4. The number of hydrogen-bond donors (Lipinski definition) is 3. The van der Waals surface area contributed by atoms with Gasteiger partial charge in [0.05, 0.1) is 6.54 Å². The Balaban J connectivity index is 4.23. The number of amides is 2. The van der Waals surface area contributed by atoms with E-state index < -0.39 is 11.0 Å². The summed E-state index contributed by atoms with van der Waals surface area (Å²) in [5, 5.41) is 14.4. The zero-order valence-electron chi connectivity index (χ0n) is 12.1. The summed E-state index contributed by atoms with van der Waals surface area (Å²) in [6.45, 7) is 9.21. The second-order valence-electron chi connectivity index (χ2n) is 5.87. The van der Waals surface area contributed by atoms with Crippen LogP contribution in [0.2, 0.25) is 0 Å². The fourth-order valence-corrected chi connectivity index (χ4v) is 1.38. The van der Waals surface area contributed by atoms with Crippen molar-refractivity contribution < 1.29 is 14.7 Å². The SMILES string of the molecule is CCC(C)(CCO)NC(=O)CNC(=O)C(C)(C)C. The van der Waals surface area contributed by atoms with Crippen LogP contribution in [0.15, 0.2) is 0 Å². The van der Waals surface area contributed by atoms with Gasteiger partial charge in [0.1, 0.15) is 0 Å². The molecule has 0 aromatic heterocycles. The minimum atomic E-state index is -0.501. The molecule has 106 valence electrons. The van der Waals surface area contributed by atoms with Crippen LogP contribution in [0.1, 0.15) is 47.5 Å². The van der Waals surface area contributed by atoms with Gasteiger partial charge in [-0.2, -0.15) is 0 Å². The fourth-order valence-electron chi connectivity index (χ4n) is 1.38. The van der Waals surface area contributed by atoms with Gasteiger partial charge in [-0.25, -0.2) is 0 Å². The third-order valence-corrected chi connectivity index (χ3v) is 2.98. The molecule has 0 heterocycles. The summed E-state index contributed by atoms with van der Waals surface area (Å²) in [6, 6.07) is 0. The van der Waals surface area contributed by atoms with E-state index >= 15 is 0 Å². The van der Waals surface area contributed by atoms with Crippen LogP contribution in [0.25, 0.3) is 0 Å². The number of nitrogens with one attached hydrogen (secondary N) is 2. The third kappa shape index (κ3) is 6.00. The molecule has 0 aromatic carbocycles. The van der Waals surface area contributed by atoms with Gasteiger partial charge >= 0.3 is 0 Å². The van der Waals surface area contributed by atoms with Crippen molar-refractivity contribution in [2.45, 2.75) is 53.0 Å². The highest BCUT2D eigenvalue weighted by Gasteiger charge is 2.25. The van der Waals surface area contributed by atoms with Crippen LogP contribution in [0.3, 0.4) is 0 Å². The summed E-state index contributed by atoms with van der Waals surface area (Å²) in [6.07, 6.45) is 1.23. The summed E-state index contributed by atoms with van der Waals surface area (Å²) < 4.78 is 0. The molecule has 0 saturated carbocycles. The van der Waals surface area contributed by atoms with Crippen molar-refractivity contribution in [1.82, 2.24) is 10.6 Å². The van der Waals surface area contributed by atoms with Gasteiger partial charge in [-0.3, -0.25) is 9.59 Å². The molecule has 0 spiro atoms. The van der Waals surface area contributed by atoms with Crippen molar-refractivity contribution >= 4 is 11.8 Å². The number of aliphatic hydroxyl groups excluding tert-OH is 1. The van der Waals surface area contributed by atoms with Gasteiger partial charge in [-0.15, -0.1) is 0 Å². The van der Waals surface area contributed by atoms with Crippen molar-refractivity contribution in [3.8, 4) is 0 Å². The van der Waals surface area contributed by atoms with Crippen LogP contribution in [-0.4, -0.2) is 35.6 Å². The Kier molecular flexibility index (Phi) is 6.32. The quantitative estimate of drug-likeness (QED) is 0.660. The number of hydrogen-bond acceptors (Lipinski definition) is 3. The van der Waals surface area contributed by atoms with Crippen molar-refractivity contribution in [3.05, 3.63) is 0 Å². The Morgan fingerprint density at radius 3 is 2.11 bits per heavy atom. The predicted octanol–water partition coefficient (Wildman–Crippen LogP) is 0.816. The van der Waals surface area contributed by atoms with Crippen LogP contribution in [0.4, 0.5) is 0 Å². The lowest BCUT2D eigenvalue weighted by Crippen LogP contribution is -2.50. The highest BCUT2D eigenvalue weighted by Crippen LogP contribution is 2.14. The molecule has 0 aliphatic carbocycles. The maximum Gasteiger partial charge on any atom is 0.239 e. The number of carbonyl (C=O) groups is 2. The van der Waals surface area contributed by atoms with Gasteiger partial charge in [0.2, 0.25) is 11.8 Å². The summed E-state index contributed by atoms with van der Waals surface area (Å²) >= 11 is 0. The largest absolute Gasteiger partial charge is 0.396 e. The van der Waals surface area contributed by atoms with Crippen molar-refractivity contribution in [2.24, 2.45) is 5.41 Å². The Labute approximate surface area is 109 Å². The molecule has 0 aliphatic heterocycles. The predicted molar refractivity (Wildman–Crippen MR) is 71.0 cm³/mol. The minimum Gasteiger partial charge on any atom is -0.396 e. The molecule has 0 fully saturated rings. The molecule has 5 heteroatoms. The lowest BCUT2D eigenvalue weighted by atomic mass is 9.94. The normalized spacial score (nSPS) is 14.8. The highest BCUT2D eigenvalue weighted by molar-refractivity contribution is 5.87. The summed E-state index contributed by atoms with van der Waals surface area (Å²) in [5.74, 6) is -0.386. The van der Waals surface area contributed by atoms with E-state index in [0.29, 0.717) is 6.42 Å².